The highest BCUT2D eigenvalue weighted by molar-refractivity contribution is 6.99. The molecule has 1 aromatic heterocycles. The van der Waals surface area contributed by atoms with Gasteiger partial charge in [-0.2, -0.15) is 4.37 Å². The standard InChI is InChI=1S/C8H4Cl2N2OS/c9-5-2-1-4(3-6(5)10)7-8(13)12-14-11-7/h1-3H,(H,12,13). The minimum Gasteiger partial charge on any atom is -0.266 e. The van der Waals surface area contributed by atoms with Crippen LogP contribution < -0.4 is 5.56 Å². The molecule has 0 amide bonds. The van der Waals surface area contributed by atoms with E-state index in [-0.39, 0.29) is 5.56 Å². The van der Waals surface area contributed by atoms with Crippen LogP contribution in [0.1, 0.15) is 0 Å². The molecule has 0 radical (unpaired) electrons. The number of nitrogens with one attached hydrogen (secondary N) is 1. The van der Waals surface area contributed by atoms with Crippen LogP contribution in [0.4, 0.5) is 0 Å². The Balaban J connectivity index is 2.59. The maximum Gasteiger partial charge on any atom is 0.285 e. The lowest BCUT2D eigenvalue weighted by Gasteiger charge is -1.97. The third-order valence-electron chi connectivity index (χ3n) is 1.68. The largest absolute Gasteiger partial charge is 0.285 e. The molecule has 0 atom stereocenters. The zero-order valence-electron chi connectivity index (χ0n) is 6.75. The van der Waals surface area contributed by atoms with E-state index in [1.54, 1.807) is 18.2 Å². The summed E-state index contributed by atoms with van der Waals surface area (Å²) in [5, 5.41) is 0.874. The van der Waals surface area contributed by atoms with E-state index in [9.17, 15) is 4.79 Å². The van der Waals surface area contributed by atoms with Crippen LogP contribution >= 0.6 is 34.9 Å². The molecule has 0 fully saturated rings. The van der Waals surface area contributed by atoms with E-state index in [4.69, 9.17) is 23.2 Å². The van der Waals surface area contributed by atoms with Crippen LogP contribution in [0, 0.1) is 0 Å². The summed E-state index contributed by atoms with van der Waals surface area (Å²) in [6, 6.07) is 4.96. The Hall–Kier alpha value is -0.840. The molecule has 1 heterocycles. The van der Waals surface area contributed by atoms with E-state index in [1.807, 2.05) is 0 Å². The van der Waals surface area contributed by atoms with Crippen molar-refractivity contribution in [2.45, 2.75) is 0 Å². The Bertz CT molecular complexity index is 520. The van der Waals surface area contributed by atoms with Crippen LogP contribution in [0.15, 0.2) is 23.0 Å². The molecule has 2 rings (SSSR count). The van der Waals surface area contributed by atoms with E-state index < -0.39 is 0 Å². The summed E-state index contributed by atoms with van der Waals surface area (Å²) in [7, 11) is 0. The van der Waals surface area contributed by atoms with Crippen molar-refractivity contribution in [3.8, 4) is 11.3 Å². The van der Waals surface area contributed by atoms with Crippen molar-refractivity contribution < 1.29 is 0 Å². The van der Waals surface area contributed by atoms with Crippen molar-refractivity contribution in [2.24, 2.45) is 0 Å². The molecule has 0 unspecified atom stereocenters. The first-order valence-electron chi connectivity index (χ1n) is 3.68. The molecule has 14 heavy (non-hydrogen) atoms. The Morgan fingerprint density at radius 2 is 2.07 bits per heavy atom. The van der Waals surface area contributed by atoms with Crippen LogP contribution in [0.2, 0.25) is 10.0 Å². The minimum atomic E-state index is -0.214. The predicted molar refractivity (Wildman–Crippen MR) is 58.2 cm³/mol. The molecule has 1 aromatic carbocycles. The second kappa shape index (κ2) is 3.73. The summed E-state index contributed by atoms with van der Waals surface area (Å²) >= 11 is 12.6. The van der Waals surface area contributed by atoms with Gasteiger partial charge in [-0.15, -0.1) is 0 Å². The van der Waals surface area contributed by atoms with Crippen LogP contribution in [-0.2, 0) is 0 Å². The molecule has 0 spiro atoms. The van der Waals surface area contributed by atoms with Gasteiger partial charge in [-0.3, -0.25) is 9.17 Å². The molecular formula is C8H4Cl2N2OS. The monoisotopic (exact) mass is 246 g/mol. The second-order valence-corrected chi connectivity index (χ2v) is 3.97. The molecule has 3 nitrogen and oxygen atoms in total. The highest BCUT2D eigenvalue weighted by atomic mass is 35.5. The number of halogens is 2. The van der Waals surface area contributed by atoms with E-state index >= 15 is 0 Å². The molecule has 0 aliphatic carbocycles. The highest BCUT2D eigenvalue weighted by Gasteiger charge is 2.07. The lowest BCUT2D eigenvalue weighted by atomic mass is 10.2. The zero-order chi connectivity index (χ0) is 10.1. The first-order chi connectivity index (χ1) is 6.68. The molecule has 0 saturated carbocycles. The van der Waals surface area contributed by atoms with Gasteiger partial charge in [0.15, 0.2) is 5.69 Å². The van der Waals surface area contributed by atoms with Crippen LogP contribution in [-0.4, -0.2) is 8.75 Å². The molecule has 72 valence electrons. The molecule has 6 heteroatoms. The molecule has 1 N–H and O–H groups in total. The fourth-order valence-electron chi connectivity index (χ4n) is 1.03. The Labute approximate surface area is 93.6 Å². The first-order valence-corrected chi connectivity index (χ1v) is 5.21. The minimum absolute atomic E-state index is 0.214. The second-order valence-electron chi connectivity index (χ2n) is 2.59. The number of rotatable bonds is 1. The van der Waals surface area contributed by atoms with Gasteiger partial charge in [0.25, 0.3) is 5.56 Å². The van der Waals surface area contributed by atoms with Crippen LogP contribution in [0.25, 0.3) is 11.3 Å². The van der Waals surface area contributed by atoms with Gasteiger partial charge in [-0.1, -0.05) is 29.3 Å². The summed E-state index contributed by atoms with van der Waals surface area (Å²) in [5.41, 5.74) is 0.823. The zero-order valence-corrected chi connectivity index (χ0v) is 9.08. The number of aromatic amines is 1. The van der Waals surface area contributed by atoms with E-state index in [2.05, 4.69) is 8.75 Å². The SMILES string of the molecule is O=c1[nH]snc1-c1ccc(Cl)c(Cl)c1. The quantitative estimate of drug-likeness (QED) is 0.842. The first kappa shape index (κ1) is 9.71. The molecule has 0 aliphatic heterocycles. The van der Waals surface area contributed by atoms with Crippen molar-refractivity contribution in [2.75, 3.05) is 0 Å². The summed E-state index contributed by atoms with van der Waals surface area (Å²) < 4.78 is 6.43. The number of H-pyrrole nitrogens is 1. The van der Waals surface area contributed by atoms with Gasteiger partial charge in [-0.05, 0) is 12.1 Å². The lowest BCUT2D eigenvalue weighted by molar-refractivity contribution is 1.39. The van der Waals surface area contributed by atoms with Crippen LogP contribution in [0.5, 0.6) is 0 Å². The fourth-order valence-corrected chi connectivity index (χ4v) is 1.83. The molecule has 0 bridgehead atoms. The summed E-state index contributed by atoms with van der Waals surface area (Å²) in [5.74, 6) is 0. The van der Waals surface area contributed by atoms with Gasteiger partial charge >= 0.3 is 0 Å². The topological polar surface area (TPSA) is 45.8 Å². The maximum absolute atomic E-state index is 11.2. The smallest absolute Gasteiger partial charge is 0.266 e. The average Bonchev–Trinajstić information content (AvgIpc) is 2.57. The number of hydrogen-bond acceptors (Lipinski definition) is 3. The lowest BCUT2D eigenvalue weighted by Crippen LogP contribution is -2.01. The normalized spacial score (nSPS) is 10.4. The van der Waals surface area contributed by atoms with Gasteiger partial charge in [-0.25, -0.2) is 0 Å². The van der Waals surface area contributed by atoms with Crippen molar-refractivity contribution in [1.29, 1.82) is 0 Å². The third-order valence-corrected chi connectivity index (χ3v) is 2.97. The number of aromatic nitrogens is 2. The van der Waals surface area contributed by atoms with Crippen LogP contribution in [0.3, 0.4) is 0 Å². The number of benzene rings is 1. The number of hydrogen-bond donors (Lipinski definition) is 1. The molecule has 0 saturated heterocycles. The Morgan fingerprint density at radius 3 is 2.64 bits per heavy atom. The van der Waals surface area contributed by atoms with Crippen molar-refractivity contribution in [3.63, 3.8) is 0 Å². The molecular weight excluding hydrogens is 243 g/mol. The van der Waals surface area contributed by atoms with Gasteiger partial charge < -0.3 is 0 Å². The van der Waals surface area contributed by atoms with Gasteiger partial charge in [0.1, 0.15) is 0 Å². The summed E-state index contributed by atoms with van der Waals surface area (Å²) in [6.07, 6.45) is 0. The fraction of sp³-hybridized carbons (Fsp3) is 0. The van der Waals surface area contributed by atoms with Gasteiger partial charge in [0.05, 0.1) is 10.0 Å². The van der Waals surface area contributed by atoms with Crippen molar-refractivity contribution >= 4 is 34.9 Å². The van der Waals surface area contributed by atoms with Gasteiger partial charge in [0.2, 0.25) is 0 Å². The predicted octanol–water partition coefficient (Wildman–Crippen LogP) is 2.81. The Morgan fingerprint density at radius 1 is 1.29 bits per heavy atom. The van der Waals surface area contributed by atoms with Crippen molar-refractivity contribution in [3.05, 3.63) is 38.6 Å². The summed E-state index contributed by atoms with van der Waals surface area (Å²) in [6.45, 7) is 0. The van der Waals surface area contributed by atoms with Gasteiger partial charge in [0, 0.05) is 17.3 Å². The highest BCUT2D eigenvalue weighted by Crippen LogP contribution is 2.26. The third kappa shape index (κ3) is 1.68. The molecule has 0 aliphatic rings. The summed E-state index contributed by atoms with van der Waals surface area (Å²) in [4.78, 5) is 11.2. The average molecular weight is 247 g/mol. The van der Waals surface area contributed by atoms with E-state index in [1.165, 1.54) is 0 Å². The van der Waals surface area contributed by atoms with E-state index in [0.29, 0.717) is 21.3 Å². The number of nitrogens with zero attached hydrogens (tertiary/aromatic N) is 1. The maximum atomic E-state index is 11.2. The Kier molecular flexibility index (Phi) is 2.58. The van der Waals surface area contributed by atoms with Crippen molar-refractivity contribution in [1.82, 2.24) is 8.75 Å². The van der Waals surface area contributed by atoms with E-state index in [0.717, 1.165) is 11.7 Å². The molecule has 2 aromatic rings.